The number of hydrogen-bond acceptors (Lipinski definition) is 1. The molecular formula is H4FeMgNbOPb. The molecule has 5 heavy (non-hydrogen) atoms. The van der Waals surface area contributed by atoms with Gasteiger partial charge in [0.15, 0.2) is 0 Å². The van der Waals surface area contributed by atoms with Crippen LogP contribution in [0.1, 0.15) is 0 Å². The first-order valence-corrected chi connectivity index (χ1v) is 1.08. The molecule has 0 fully saturated rings. The van der Waals surface area contributed by atoms with Crippen molar-refractivity contribution in [2.45, 2.75) is 0 Å². The van der Waals surface area contributed by atoms with Gasteiger partial charge in [-0.05, 0) is 0 Å². The van der Waals surface area contributed by atoms with Crippen LogP contribution in [0.5, 0.6) is 0 Å². The van der Waals surface area contributed by atoms with Crippen molar-refractivity contribution < 1.29 is 41.4 Å². The molecule has 0 aromatic carbocycles. The summed E-state index contributed by atoms with van der Waals surface area (Å²) >= 11 is 0.500. The van der Waals surface area contributed by atoms with Crippen molar-refractivity contribution in [3.8, 4) is 0 Å². The summed E-state index contributed by atoms with van der Waals surface area (Å²) < 4.78 is 8.30. The molecule has 0 amide bonds. The average Bonchev–Trinajstić information content (AvgIpc) is 1.00. The number of hydrogen-bond donors (Lipinski definition) is 0. The Morgan fingerprint density at radius 1 is 1.20 bits per heavy atom. The van der Waals surface area contributed by atoms with Gasteiger partial charge in [0, 0.05) is 17.1 Å². The van der Waals surface area contributed by atoms with Crippen LogP contribution in [0.3, 0.4) is 0 Å². The molecule has 2 radical (unpaired) electrons. The van der Waals surface area contributed by atoms with Crippen LogP contribution in [0.15, 0.2) is 0 Å². The van der Waals surface area contributed by atoms with Crippen LogP contribution in [0.25, 0.3) is 0 Å². The number of rotatable bonds is 0. The van der Waals surface area contributed by atoms with E-state index in [1.165, 1.54) is 0 Å². The second kappa shape index (κ2) is 29.5. The van der Waals surface area contributed by atoms with E-state index in [4.69, 9.17) is 3.25 Å². The third kappa shape index (κ3) is 20.1. The molecule has 0 aliphatic heterocycles. The van der Waals surface area contributed by atoms with Gasteiger partial charge in [-0.2, -0.15) is 0 Å². The summed E-state index contributed by atoms with van der Waals surface area (Å²) in [5, 5.41) is 0. The second-order valence-corrected chi connectivity index (χ2v) is 0. The first-order chi connectivity index (χ1) is 1.00. The fraction of sp³-hybridized carbons (Fsp3) is 0. The third-order valence-corrected chi connectivity index (χ3v) is 0. The van der Waals surface area contributed by atoms with Gasteiger partial charge < -0.3 is 0 Å². The standard InChI is InChI=1S/Fe.Mg.Nb.O.Pb.4H. The topological polar surface area (TPSA) is 17.1 Å². The van der Waals surface area contributed by atoms with Crippen LogP contribution in [0.2, 0.25) is 0 Å². The monoisotopic (exact) mass is 401 g/mol. The van der Waals surface area contributed by atoms with Gasteiger partial charge in [-0.15, -0.1) is 0 Å². The third-order valence-electron chi connectivity index (χ3n) is 0. The van der Waals surface area contributed by atoms with E-state index in [1.54, 1.807) is 0 Å². The van der Waals surface area contributed by atoms with Gasteiger partial charge in [0.05, 0.1) is 0 Å². The maximum absolute atomic E-state index is 8.30. The molecule has 0 saturated heterocycles. The van der Waals surface area contributed by atoms with Crippen LogP contribution in [0.4, 0.5) is 0 Å². The van der Waals surface area contributed by atoms with Crippen molar-refractivity contribution in [1.82, 2.24) is 0 Å². The Bertz CT molecular complexity index is 11.6. The Morgan fingerprint density at radius 2 is 1.20 bits per heavy atom. The van der Waals surface area contributed by atoms with Crippen LogP contribution >= 0.6 is 0 Å². The molecule has 0 bridgehead atoms. The minimum atomic E-state index is 0. The molecule has 5 heteroatoms. The predicted octanol–water partition coefficient (Wildman–Crippen LogP) is -1.96. The minimum absolute atomic E-state index is 0. The van der Waals surface area contributed by atoms with Crippen LogP contribution in [-0.4, -0.2) is 50.4 Å². The van der Waals surface area contributed by atoms with Crippen LogP contribution in [-0.2, 0) is 41.4 Å². The fourth-order valence-corrected chi connectivity index (χ4v) is 0. The first-order valence-electron chi connectivity index (χ1n) is 0.183. The summed E-state index contributed by atoms with van der Waals surface area (Å²) in [6.07, 6.45) is 0. The molecule has 1 nitrogen and oxygen atoms in total. The molecule has 29 valence electrons. The summed E-state index contributed by atoms with van der Waals surface area (Å²) in [6.45, 7) is 0. The Hall–Kier alpha value is 2.75. The fourth-order valence-electron chi connectivity index (χ4n) is 0. The summed E-state index contributed by atoms with van der Waals surface area (Å²) in [7, 11) is 0. The SMILES string of the molecule is [Fe].[MgH2].[O]=[Nb].[PbH2]. The molecule has 0 heterocycles. The van der Waals surface area contributed by atoms with E-state index in [1.807, 2.05) is 0 Å². The molecule has 0 aromatic heterocycles. The van der Waals surface area contributed by atoms with E-state index in [2.05, 4.69) is 0 Å². The summed E-state index contributed by atoms with van der Waals surface area (Å²) in [5.41, 5.74) is 0. The second-order valence-electron chi connectivity index (χ2n) is 0. The van der Waals surface area contributed by atoms with Gasteiger partial charge in [0.1, 0.15) is 0 Å². The van der Waals surface area contributed by atoms with Gasteiger partial charge >= 0.3 is 74.6 Å². The van der Waals surface area contributed by atoms with Crippen LogP contribution < -0.4 is 0 Å². The Kier molecular flexibility index (Phi) is 148. The molecule has 0 aliphatic carbocycles. The zero-order valence-corrected chi connectivity index (χ0v) is 10.7. The zero-order valence-electron chi connectivity index (χ0n) is 1.92. The quantitative estimate of drug-likeness (QED) is 0.432. The molecule has 0 N–H and O–H groups in total. The summed E-state index contributed by atoms with van der Waals surface area (Å²) in [6, 6.07) is 0. The van der Waals surface area contributed by atoms with Crippen molar-refractivity contribution in [2.24, 2.45) is 0 Å². The van der Waals surface area contributed by atoms with Crippen molar-refractivity contribution >= 4 is 50.4 Å². The van der Waals surface area contributed by atoms with Crippen molar-refractivity contribution in [3.63, 3.8) is 0 Å². The Balaban J connectivity index is -0.00000000167. The Morgan fingerprint density at radius 3 is 1.20 bits per heavy atom. The van der Waals surface area contributed by atoms with Crippen LogP contribution in [0, 0.1) is 0 Å². The molecule has 0 saturated carbocycles. The normalized spacial score (nSPS) is 0.600. The van der Waals surface area contributed by atoms with E-state index >= 15 is 0 Å². The molecular weight excluding hydrogens is 396 g/mol. The van der Waals surface area contributed by atoms with Crippen molar-refractivity contribution in [1.29, 1.82) is 0 Å². The molecule has 0 aliphatic rings. The Labute approximate surface area is 90.1 Å². The van der Waals surface area contributed by atoms with E-state index < -0.39 is 0 Å². The van der Waals surface area contributed by atoms with E-state index in [-0.39, 0.29) is 67.4 Å². The van der Waals surface area contributed by atoms with E-state index in [9.17, 15) is 0 Å². The zero-order chi connectivity index (χ0) is 2.00. The molecule has 0 unspecified atom stereocenters. The van der Waals surface area contributed by atoms with Gasteiger partial charge in [-0.1, -0.05) is 0 Å². The van der Waals surface area contributed by atoms with Crippen molar-refractivity contribution in [3.05, 3.63) is 0 Å². The van der Waals surface area contributed by atoms with Gasteiger partial charge in [-0.3, -0.25) is 0 Å². The summed E-state index contributed by atoms with van der Waals surface area (Å²) in [4.78, 5) is 0. The van der Waals surface area contributed by atoms with Gasteiger partial charge in [0.2, 0.25) is 0 Å². The molecule has 0 aromatic rings. The van der Waals surface area contributed by atoms with E-state index in [0.29, 0.717) is 21.0 Å². The molecule has 0 rings (SSSR count). The van der Waals surface area contributed by atoms with Gasteiger partial charge in [-0.25, -0.2) is 0 Å². The maximum atomic E-state index is 8.30. The first kappa shape index (κ1) is 25.1. The van der Waals surface area contributed by atoms with E-state index in [0.717, 1.165) is 0 Å². The molecule has 0 spiro atoms. The van der Waals surface area contributed by atoms with Gasteiger partial charge in [0.25, 0.3) is 0 Å². The molecule has 0 atom stereocenters. The average molecular weight is 400 g/mol. The van der Waals surface area contributed by atoms with Crippen molar-refractivity contribution in [2.75, 3.05) is 0 Å². The predicted molar refractivity (Wildman–Crippen MR) is 17.8 cm³/mol. The summed E-state index contributed by atoms with van der Waals surface area (Å²) in [5.74, 6) is 0.